The van der Waals surface area contributed by atoms with Gasteiger partial charge in [-0.1, -0.05) is 31.0 Å². The van der Waals surface area contributed by atoms with E-state index in [1.165, 1.54) is 0 Å². The van der Waals surface area contributed by atoms with E-state index in [1.807, 2.05) is 30.3 Å². The highest BCUT2D eigenvalue weighted by Crippen LogP contribution is 2.33. The predicted octanol–water partition coefficient (Wildman–Crippen LogP) is 2.87. The Bertz CT molecular complexity index is 860. The monoisotopic (exact) mass is 364 g/mol. The fourth-order valence-corrected chi connectivity index (χ4v) is 4.00. The molecule has 0 aliphatic heterocycles. The quantitative estimate of drug-likeness (QED) is 0.761. The predicted molar refractivity (Wildman–Crippen MR) is 102 cm³/mol. The first-order chi connectivity index (χ1) is 13.2. The first-order valence-corrected chi connectivity index (χ1v) is 9.74. The van der Waals surface area contributed by atoms with Crippen molar-refractivity contribution in [1.29, 1.82) is 5.26 Å². The van der Waals surface area contributed by atoms with E-state index < -0.39 is 6.04 Å². The fraction of sp³-hybridized carbons (Fsp3) is 0.476. The van der Waals surface area contributed by atoms with Gasteiger partial charge in [0, 0.05) is 16.9 Å². The van der Waals surface area contributed by atoms with Crippen LogP contribution in [0, 0.1) is 23.2 Å². The second-order valence-corrected chi connectivity index (χ2v) is 7.69. The number of nitrogens with one attached hydrogen (secondary N) is 3. The summed E-state index contributed by atoms with van der Waals surface area (Å²) in [5, 5.41) is 16.2. The third-order valence-corrected chi connectivity index (χ3v) is 5.72. The zero-order valence-electron chi connectivity index (χ0n) is 15.2. The van der Waals surface area contributed by atoms with Crippen LogP contribution in [0.1, 0.15) is 49.0 Å². The molecule has 27 heavy (non-hydrogen) atoms. The number of carbonyl (C=O) groups excluding carboxylic acids is 2. The molecule has 0 radical (unpaired) electrons. The number of hydrogen-bond donors (Lipinski definition) is 3. The molecule has 0 saturated heterocycles. The van der Waals surface area contributed by atoms with Crippen molar-refractivity contribution in [3.8, 4) is 6.07 Å². The number of hydrogen-bond acceptors (Lipinski definition) is 3. The normalized spacial score (nSPS) is 23.4. The maximum absolute atomic E-state index is 12.7. The lowest BCUT2D eigenvalue weighted by Crippen LogP contribution is -2.50. The molecule has 3 N–H and O–H groups in total. The number of nitriles is 1. The van der Waals surface area contributed by atoms with Crippen LogP contribution in [-0.2, 0) is 4.79 Å². The Labute approximate surface area is 158 Å². The second-order valence-electron chi connectivity index (χ2n) is 7.69. The van der Waals surface area contributed by atoms with Crippen molar-refractivity contribution in [3.05, 3.63) is 36.0 Å². The molecule has 6 heteroatoms. The topological polar surface area (TPSA) is 97.8 Å². The third kappa shape index (κ3) is 3.82. The molecule has 1 unspecified atom stereocenters. The Hall–Kier alpha value is -2.81. The van der Waals surface area contributed by atoms with Gasteiger partial charge in [0.05, 0.1) is 12.0 Å². The largest absolute Gasteiger partial charge is 0.351 e. The molecule has 3 atom stereocenters. The minimum absolute atomic E-state index is 0.102. The average molecular weight is 364 g/mol. The van der Waals surface area contributed by atoms with Crippen molar-refractivity contribution in [3.63, 3.8) is 0 Å². The second kappa shape index (κ2) is 7.43. The number of nitrogens with zero attached hydrogens (tertiary/aromatic N) is 1. The van der Waals surface area contributed by atoms with Gasteiger partial charge >= 0.3 is 0 Å². The smallest absolute Gasteiger partial charge is 0.267 e. The summed E-state index contributed by atoms with van der Waals surface area (Å²) in [7, 11) is 0. The molecule has 2 aromatic rings. The summed E-state index contributed by atoms with van der Waals surface area (Å²) in [6.45, 7) is 0. The molecule has 140 valence electrons. The number of H-pyrrole nitrogens is 1. The minimum atomic E-state index is -0.399. The van der Waals surface area contributed by atoms with Crippen LogP contribution >= 0.6 is 0 Å². The molecule has 0 spiro atoms. The van der Waals surface area contributed by atoms with Crippen LogP contribution in [0.25, 0.3) is 10.9 Å². The van der Waals surface area contributed by atoms with Gasteiger partial charge in [-0.3, -0.25) is 9.59 Å². The van der Waals surface area contributed by atoms with Crippen LogP contribution in [0.3, 0.4) is 0 Å². The van der Waals surface area contributed by atoms with Crippen molar-refractivity contribution in [2.75, 3.05) is 0 Å². The zero-order chi connectivity index (χ0) is 18.8. The highest BCUT2D eigenvalue weighted by atomic mass is 16.2. The number of fused-ring (bicyclic) bond motifs is 1. The van der Waals surface area contributed by atoms with E-state index in [0.717, 1.165) is 49.4 Å². The first kappa shape index (κ1) is 17.6. The van der Waals surface area contributed by atoms with Crippen LogP contribution in [0.5, 0.6) is 0 Å². The molecule has 2 saturated carbocycles. The SMILES string of the molecule is N#CC(NC(=O)[C@@H]1CCCC[C@@H]1NC(=O)c1cc2ccccc2[nH]1)C1CC1. The Morgan fingerprint density at radius 2 is 1.93 bits per heavy atom. The van der Waals surface area contributed by atoms with E-state index in [0.29, 0.717) is 11.6 Å². The molecule has 2 aliphatic carbocycles. The molecule has 1 aromatic heterocycles. The van der Waals surface area contributed by atoms with Crippen molar-refractivity contribution in [1.82, 2.24) is 15.6 Å². The summed E-state index contributed by atoms with van der Waals surface area (Å²) >= 11 is 0. The van der Waals surface area contributed by atoms with Gasteiger partial charge < -0.3 is 15.6 Å². The average Bonchev–Trinajstić information content (AvgIpc) is 3.43. The van der Waals surface area contributed by atoms with Gasteiger partial charge in [0.1, 0.15) is 11.7 Å². The molecule has 2 amide bonds. The summed E-state index contributed by atoms with van der Waals surface area (Å²) in [4.78, 5) is 28.6. The standard InChI is InChI=1S/C21H24N4O2/c22-12-19(13-9-10-13)25-20(26)15-6-2-4-8-17(15)24-21(27)18-11-14-5-1-3-7-16(14)23-18/h1,3,5,7,11,13,15,17,19,23H,2,4,6,8-10H2,(H,24,27)(H,25,26)/t15-,17+,19?/m1/s1. The number of carbonyl (C=O) groups is 2. The molecule has 6 nitrogen and oxygen atoms in total. The van der Waals surface area contributed by atoms with Crippen LogP contribution in [0.15, 0.2) is 30.3 Å². The molecule has 1 aromatic carbocycles. The third-order valence-electron chi connectivity index (χ3n) is 5.72. The summed E-state index contributed by atoms with van der Waals surface area (Å²) < 4.78 is 0. The molecule has 4 rings (SSSR count). The van der Waals surface area contributed by atoms with Gasteiger partial charge in [-0.15, -0.1) is 0 Å². The number of benzene rings is 1. The number of aromatic nitrogens is 1. The lowest BCUT2D eigenvalue weighted by molar-refractivity contribution is -0.127. The minimum Gasteiger partial charge on any atom is -0.351 e. The van der Waals surface area contributed by atoms with Crippen LogP contribution in [-0.4, -0.2) is 28.9 Å². The Kier molecular flexibility index (Phi) is 4.85. The van der Waals surface area contributed by atoms with Crippen LogP contribution in [0.4, 0.5) is 0 Å². The number of para-hydroxylation sites is 1. The molecule has 1 heterocycles. The highest BCUT2D eigenvalue weighted by molar-refractivity contribution is 5.98. The number of rotatable bonds is 5. The van der Waals surface area contributed by atoms with E-state index in [2.05, 4.69) is 21.7 Å². The molecular formula is C21H24N4O2. The lowest BCUT2D eigenvalue weighted by atomic mass is 9.83. The van der Waals surface area contributed by atoms with Gasteiger partial charge in [-0.2, -0.15) is 5.26 Å². The van der Waals surface area contributed by atoms with E-state index in [-0.39, 0.29) is 23.8 Å². The van der Waals surface area contributed by atoms with E-state index in [1.54, 1.807) is 0 Å². The van der Waals surface area contributed by atoms with Gasteiger partial charge in [-0.05, 0) is 43.7 Å². The van der Waals surface area contributed by atoms with Gasteiger partial charge in [0.25, 0.3) is 5.91 Å². The summed E-state index contributed by atoms with van der Waals surface area (Å²) in [6, 6.07) is 11.2. The van der Waals surface area contributed by atoms with Crippen LogP contribution in [0.2, 0.25) is 0 Å². The van der Waals surface area contributed by atoms with Crippen molar-refractivity contribution in [2.45, 2.75) is 50.6 Å². The zero-order valence-corrected chi connectivity index (χ0v) is 15.2. The summed E-state index contributed by atoms with van der Waals surface area (Å²) in [5.41, 5.74) is 1.43. The Morgan fingerprint density at radius 1 is 1.15 bits per heavy atom. The van der Waals surface area contributed by atoms with E-state index in [4.69, 9.17) is 0 Å². The van der Waals surface area contributed by atoms with E-state index in [9.17, 15) is 14.9 Å². The lowest BCUT2D eigenvalue weighted by Gasteiger charge is -2.31. The maximum atomic E-state index is 12.7. The maximum Gasteiger partial charge on any atom is 0.267 e. The number of amides is 2. The number of aromatic amines is 1. The highest BCUT2D eigenvalue weighted by Gasteiger charge is 2.37. The summed E-state index contributed by atoms with van der Waals surface area (Å²) in [5.74, 6) is -0.270. The first-order valence-electron chi connectivity index (χ1n) is 9.74. The molecular weight excluding hydrogens is 340 g/mol. The van der Waals surface area contributed by atoms with Crippen molar-refractivity contribution in [2.24, 2.45) is 11.8 Å². The molecule has 2 aliphatic rings. The Balaban J connectivity index is 1.44. The van der Waals surface area contributed by atoms with Gasteiger partial charge in [0.2, 0.25) is 5.91 Å². The van der Waals surface area contributed by atoms with E-state index >= 15 is 0 Å². The van der Waals surface area contributed by atoms with Crippen molar-refractivity contribution >= 4 is 22.7 Å². The summed E-state index contributed by atoms with van der Waals surface area (Å²) in [6.07, 6.45) is 5.49. The molecule has 2 fully saturated rings. The van der Waals surface area contributed by atoms with Crippen molar-refractivity contribution < 1.29 is 9.59 Å². The van der Waals surface area contributed by atoms with Crippen LogP contribution < -0.4 is 10.6 Å². The Morgan fingerprint density at radius 3 is 2.67 bits per heavy atom. The van der Waals surface area contributed by atoms with Gasteiger partial charge in [-0.25, -0.2) is 0 Å². The van der Waals surface area contributed by atoms with Gasteiger partial charge in [0.15, 0.2) is 0 Å². The molecule has 0 bridgehead atoms. The fourth-order valence-electron chi connectivity index (χ4n) is 4.00.